The first-order valence-electron chi connectivity index (χ1n) is 5.23. The minimum absolute atomic E-state index is 0.0726. The Bertz CT molecular complexity index is 349. The van der Waals surface area contributed by atoms with Crippen LogP contribution in [0.25, 0.3) is 0 Å². The lowest BCUT2D eigenvalue weighted by molar-refractivity contribution is -0.116. The number of urea groups is 1. The third kappa shape index (κ3) is 5.14. The topological polar surface area (TPSA) is 58.2 Å². The lowest BCUT2D eigenvalue weighted by Gasteiger charge is -2.06. The summed E-state index contributed by atoms with van der Waals surface area (Å²) in [5.74, 6) is 0.0726. The van der Waals surface area contributed by atoms with Crippen LogP contribution in [-0.2, 0) is 11.3 Å². The number of hydrogen-bond donors (Lipinski definition) is 2. The van der Waals surface area contributed by atoms with Crippen LogP contribution in [0.2, 0.25) is 0 Å². The van der Waals surface area contributed by atoms with Gasteiger partial charge < -0.3 is 10.6 Å². The molecule has 0 aromatic heterocycles. The van der Waals surface area contributed by atoms with Crippen LogP contribution in [-0.4, -0.2) is 18.4 Å². The highest BCUT2D eigenvalue weighted by atomic mass is 16.2. The molecule has 0 radical (unpaired) electrons. The first-order valence-corrected chi connectivity index (χ1v) is 5.23. The second kappa shape index (κ2) is 6.61. The number of carbonyl (C=O) groups excluding carboxylic acids is 2. The van der Waals surface area contributed by atoms with Crippen LogP contribution < -0.4 is 10.6 Å². The molecule has 0 aliphatic carbocycles. The summed E-state index contributed by atoms with van der Waals surface area (Å²) in [6.07, 6.45) is 0.374. The molecule has 0 aliphatic heterocycles. The summed E-state index contributed by atoms with van der Waals surface area (Å²) in [6, 6.07) is 9.40. The van der Waals surface area contributed by atoms with Gasteiger partial charge in [-0.1, -0.05) is 30.3 Å². The number of Topliss-reactive ketones (excluding diaryl/α,β-unsaturated/α-hetero) is 1. The number of nitrogens with one attached hydrogen (secondary N) is 2. The average Bonchev–Trinajstić information content (AvgIpc) is 2.27. The number of hydrogen-bond acceptors (Lipinski definition) is 2. The molecule has 2 amide bonds. The maximum atomic E-state index is 11.3. The summed E-state index contributed by atoms with van der Waals surface area (Å²) in [4.78, 5) is 21.9. The second-order valence-electron chi connectivity index (χ2n) is 3.55. The number of amides is 2. The zero-order chi connectivity index (χ0) is 11.8. The molecule has 0 fully saturated rings. The van der Waals surface area contributed by atoms with Crippen molar-refractivity contribution >= 4 is 11.8 Å². The van der Waals surface area contributed by atoms with E-state index in [2.05, 4.69) is 10.6 Å². The normalized spacial score (nSPS) is 9.56. The van der Waals surface area contributed by atoms with Gasteiger partial charge in [-0.15, -0.1) is 0 Å². The molecule has 0 aliphatic rings. The van der Waals surface area contributed by atoms with Crippen LogP contribution in [0.3, 0.4) is 0 Å². The number of rotatable bonds is 5. The lowest BCUT2D eigenvalue weighted by atomic mass is 10.2. The van der Waals surface area contributed by atoms with Crippen molar-refractivity contribution in [1.29, 1.82) is 0 Å². The molecule has 1 rings (SSSR count). The van der Waals surface area contributed by atoms with Gasteiger partial charge in [0.1, 0.15) is 5.78 Å². The van der Waals surface area contributed by atoms with Gasteiger partial charge in [-0.2, -0.15) is 0 Å². The predicted molar refractivity (Wildman–Crippen MR) is 62.0 cm³/mol. The van der Waals surface area contributed by atoms with Crippen LogP contribution >= 0.6 is 0 Å². The molecule has 86 valence electrons. The highest BCUT2D eigenvalue weighted by Crippen LogP contribution is 1.96. The molecule has 4 heteroatoms. The molecule has 2 N–H and O–H groups in total. The van der Waals surface area contributed by atoms with Crippen molar-refractivity contribution in [2.75, 3.05) is 6.54 Å². The van der Waals surface area contributed by atoms with Gasteiger partial charge in [0, 0.05) is 19.5 Å². The highest BCUT2D eigenvalue weighted by molar-refractivity contribution is 5.77. The van der Waals surface area contributed by atoms with Gasteiger partial charge in [0.25, 0.3) is 0 Å². The van der Waals surface area contributed by atoms with Crippen molar-refractivity contribution in [1.82, 2.24) is 10.6 Å². The van der Waals surface area contributed by atoms with Gasteiger partial charge in [-0.3, -0.25) is 4.79 Å². The summed E-state index contributed by atoms with van der Waals surface area (Å²) in [7, 11) is 0. The van der Waals surface area contributed by atoms with E-state index in [1.54, 1.807) is 0 Å². The molecule has 0 atom stereocenters. The smallest absolute Gasteiger partial charge is 0.315 e. The molecule has 0 saturated heterocycles. The number of ketones is 1. The Balaban J connectivity index is 2.18. The monoisotopic (exact) mass is 220 g/mol. The van der Waals surface area contributed by atoms with Crippen molar-refractivity contribution < 1.29 is 9.59 Å². The summed E-state index contributed by atoms with van der Waals surface area (Å²) in [5, 5.41) is 5.32. The standard InChI is InChI=1S/C12H16N2O2/c1-10(15)7-8-13-12(16)14-9-11-5-3-2-4-6-11/h2-6H,7-9H2,1H3,(H2,13,14,16). The highest BCUT2D eigenvalue weighted by Gasteiger charge is 2.00. The van der Waals surface area contributed by atoms with E-state index in [0.717, 1.165) is 5.56 Å². The fourth-order valence-corrected chi connectivity index (χ4v) is 1.19. The molecule has 0 saturated carbocycles. The third-order valence-corrected chi connectivity index (χ3v) is 2.06. The Morgan fingerprint density at radius 3 is 2.44 bits per heavy atom. The third-order valence-electron chi connectivity index (χ3n) is 2.06. The molecule has 0 heterocycles. The molecule has 0 bridgehead atoms. The van der Waals surface area contributed by atoms with E-state index in [0.29, 0.717) is 19.5 Å². The van der Waals surface area contributed by atoms with Gasteiger partial charge >= 0.3 is 6.03 Å². The Kier molecular flexibility index (Phi) is 5.05. The second-order valence-corrected chi connectivity index (χ2v) is 3.55. The molecule has 1 aromatic carbocycles. The quantitative estimate of drug-likeness (QED) is 0.789. The van der Waals surface area contributed by atoms with E-state index in [4.69, 9.17) is 0 Å². The van der Waals surface area contributed by atoms with Gasteiger partial charge in [-0.25, -0.2) is 4.79 Å². The minimum Gasteiger partial charge on any atom is -0.338 e. The molecular weight excluding hydrogens is 204 g/mol. The van der Waals surface area contributed by atoms with Crippen LogP contribution in [0.1, 0.15) is 18.9 Å². The largest absolute Gasteiger partial charge is 0.338 e. The maximum Gasteiger partial charge on any atom is 0.315 e. The van der Waals surface area contributed by atoms with Crippen molar-refractivity contribution in [3.8, 4) is 0 Å². The van der Waals surface area contributed by atoms with E-state index in [1.807, 2.05) is 30.3 Å². The Morgan fingerprint density at radius 2 is 1.81 bits per heavy atom. The zero-order valence-electron chi connectivity index (χ0n) is 9.32. The van der Waals surface area contributed by atoms with Crippen LogP contribution in [0, 0.1) is 0 Å². The van der Waals surface area contributed by atoms with Crippen LogP contribution in [0.5, 0.6) is 0 Å². The van der Waals surface area contributed by atoms with Crippen molar-refractivity contribution in [2.45, 2.75) is 19.9 Å². The van der Waals surface area contributed by atoms with Gasteiger partial charge in [0.2, 0.25) is 0 Å². The van der Waals surface area contributed by atoms with E-state index < -0.39 is 0 Å². The summed E-state index contributed by atoms with van der Waals surface area (Å²) in [6.45, 7) is 2.38. The fourth-order valence-electron chi connectivity index (χ4n) is 1.19. The molecule has 4 nitrogen and oxygen atoms in total. The Labute approximate surface area is 95.0 Å². The van der Waals surface area contributed by atoms with Gasteiger partial charge in [-0.05, 0) is 12.5 Å². The summed E-state index contributed by atoms with van der Waals surface area (Å²) < 4.78 is 0. The van der Waals surface area contributed by atoms with Crippen LogP contribution in [0.4, 0.5) is 4.79 Å². The Hall–Kier alpha value is -1.84. The first-order chi connectivity index (χ1) is 7.68. The molecule has 0 spiro atoms. The van der Waals surface area contributed by atoms with Crippen molar-refractivity contribution in [3.05, 3.63) is 35.9 Å². The van der Waals surface area contributed by atoms with Crippen LogP contribution in [0.15, 0.2) is 30.3 Å². The molecular formula is C12H16N2O2. The van der Waals surface area contributed by atoms with Gasteiger partial charge in [0.05, 0.1) is 0 Å². The number of carbonyl (C=O) groups is 2. The fraction of sp³-hybridized carbons (Fsp3) is 0.333. The SMILES string of the molecule is CC(=O)CCNC(=O)NCc1ccccc1. The maximum absolute atomic E-state index is 11.3. The van der Waals surface area contributed by atoms with Crippen molar-refractivity contribution in [2.24, 2.45) is 0 Å². The Morgan fingerprint density at radius 1 is 1.12 bits per heavy atom. The first kappa shape index (κ1) is 12.2. The molecule has 0 unspecified atom stereocenters. The summed E-state index contributed by atoms with van der Waals surface area (Å²) in [5.41, 5.74) is 1.05. The van der Waals surface area contributed by atoms with E-state index >= 15 is 0 Å². The summed E-state index contributed by atoms with van der Waals surface area (Å²) >= 11 is 0. The van der Waals surface area contributed by atoms with Gasteiger partial charge in [0.15, 0.2) is 0 Å². The zero-order valence-corrected chi connectivity index (χ0v) is 9.32. The minimum atomic E-state index is -0.245. The molecule has 16 heavy (non-hydrogen) atoms. The van der Waals surface area contributed by atoms with Crippen molar-refractivity contribution in [3.63, 3.8) is 0 Å². The number of benzene rings is 1. The molecule has 1 aromatic rings. The van der Waals surface area contributed by atoms with E-state index in [-0.39, 0.29) is 11.8 Å². The lowest BCUT2D eigenvalue weighted by Crippen LogP contribution is -2.36. The predicted octanol–water partition coefficient (Wildman–Crippen LogP) is 1.46. The average molecular weight is 220 g/mol. The van der Waals surface area contributed by atoms with E-state index in [9.17, 15) is 9.59 Å². The van der Waals surface area contributed by atoms with E-state index in [1.165, 1.54) is 6.92 Å².